The van der Waals surface area contributed by atoms with Crippen molar-refractivity contribution >= 4 is 11.6 Å². The van der Waals surface area contributed by atoms with Gasteiger partial charge in [-0.15, -0.1) is 0 Å². The Kier molecular flexibility index (Phi) is 6.22. The lowest BCUT2D eigenvalue weighted by atomic mass is 10.1. The molecule has 5 nitrogen and oxygen atoms in total. The van der Waals surface area contributed by atoms with Gasteiger partial charge in [-0.2, -0.15) is 9.97 Å². The number of ether oxygens (including phenoxy) is 1. The van der Waals surface area contributed by atoms with E-state index in [-0.39, 0.29) is 0 Å². The Morgan fingerprint density at radius 2 is 1.13 bits per heavy atom. The van der Waals surface area contributed by atoms with Crippen LogP contribution in [0.4, 0.5) is 11.6 Å². The zero-order valence-corrected chi connectivity index (χ0v) is 18.1. The number of anilines is 2. The van der Waals surface area contributed by atoms with Gasteiger partial charge in [0, 0.05) is 18.5 Å². The van der Waals surface area contributed by atoms with Crippen LogP contribution in [0.5, 0.6) is 5.75 Å². The second-order valence-electron chi connectivity index (χ2n) is 7.67. The quantitative estimate of drug-likeness (QED) is 0.441. The molecule has 0 spiro atoms. The van der Waals surface area contributed by atoms with Crippen LogP contribution in [0.15, 0.2) is 72.8 Å². The van der Waals surface area contributed by atoms with Crippen molar-refractivity contribution in [3.05, 3.63) is 107 Å². The molecule has 156 valence electrons. The molecule has 0 aliphatic rings. The van der Waals surface area contributed by atoms with Crippen molar-refractivity contribution in [2.24, 2.45) is 0 Å². The zero-order chi connectivity index (χ0) is 21.6. The van der Waals surface area contributed by atoms with E-state index in [2.05, 4.69) is 77.7 Å². The Hall–Kier alpha value is -3.73. The van der Waals surface area contributed by atoms with Crippen molar-refractivity contribution in [3.8, 4) is 5.75 Å². The Morgan fingerprint density at radius 1 is 0.645 bits per heavy atom. The molecule has 0 amide bonds. The van der Waals surface area contributed by atoms with Gasteiger partial charge in [0.05, 0.1) is 7.11 Å². The first-order valence-electron chi connectivity index (χ1n) is 10.3. The first-order chi connectivity index (χ1) is 15.1. The van der Waals surface area contributed by atoms with E-state index in [9.17, 15) is 0 Å². The van der Waals surface area contributed by atoms with Crippen molar-refractivity contribution in [1.29, 1.82) is 0 Å². The third kappa shape index (κ3) is 5.66. The largest absolute Gasteiger partial charge is 0.497 e. The molecule has 4 rings (SSSR count). The summed E-state index contributed by atoms with van der Waals surface area (Å²) in [4.78, 5) is 14.1. The molecule has 31 heavy (non-hydrogen) atoms. The Morgan fingerprint density at radius 3 is 1.58 bits per heavy atom. The van der Waals surface area contributed by atoms with E-state index in [0.29, 0.717) is 18.8 Å². The van der Waals surface area contributed by atoms with Crippen LogP contribution in [-0.4, -0.2) is 22.1 Å². The summed E-state index contributed by atoms with van der Waals surface area (Å²) in [5.74, 6) is 2.85. The molecular formula is C26H26N4O. The first-order valence-corrected chi connectivity index (χ1v) is 10.3. The normalized spacial score (nSPS) is 10.7. The minimum Gasteiger partial charge on any atom is -0.497 e. The molecule has 0 aliphatic carbocycles. The summed E-state index contributed by atoms with van der Waals surface area (Å²) < 4.78 is 5.24. The van der Waals surface area contributed by atoms with Crippen LogP contribution in [0.25, 0.3) is 0 Å². The Balaban J connectivity index is 1.62. The van der Waals surface area contributed by atoms with Gasteiger partial charge in [0.2, 0.25) is 5.95 Å². The van der Waals surface area contributed by atoms with Gasteiger partial charge in [-0.3, -0.25) is 0 Å². The molecule has 0 saturated carbocycles. The number of aryl methyl sites for hydroxylation is 2. The number of benzene rings is 3. The van der Waals surface area contributed by atoms with Gasteiger partial charge >= 0.3 is 0 Å². The van der Waals surface area contributed by atoms with Gasteiger partial charge in [0.15, 0.2) is 0 Å². The molecular weight excluding hydrogens is 384 g/mol. The molecule has 4 aromatic rings. The second kappa shape index (κ2) is 9.39. The minimum atomic E-state index is 0.546. The third-order valence-corrected chi connectivity index (χ3v) is 5.04. The van der Waals surface area contributed by atoms with Gasteiger partial charge < -0.3 is 10.1 Å². The summed E-state index contributed by atoms with van der Waals surface area (Å²) in [6.45, 7) is 4.17. The maximum Gasteiger partial charge on any atom is 0.230 e. The lowest BCUT2D eigenvalue weighted by Crippen LogP contribution is -2.09. The fourth-order valence-corrected chi connectivity index (χ4v) is 3.26. The van der Waals surface area contributed by atoms with Gasteiger partial charge in [0.25, 0.3) is 0 Å². The number of methoxy groups -OCH3 is 1. The number of nitrogens with zero attached hydrogens (tertiary/aromatic N) is 3. The highest BCUT2D eigenvalue weighted by Crippen LogP contribution is 2.19. The maximum atomic E-state index is 5.24. The van der Waals surface area contributed by atoms with E-state index >= 15 is 0 Å². The summed E-state index contributed by atoms with van der Waals surface area (Å²) >= 11 is 0. The van der Waals surface area contributed by atoms with Crippen LogP contribution in [0.1, 0.15) is 33.9 Å². The van der Waals surface area contributed by atoms with Crippen molar-refractivity contribution in [3.63, 3.8) is 0 Å². The van der Waals surface area contributed by atoms with Crippen molar-refractivity contribution in [2.45, 2.75) is 26.7 Å². The van der Waals surface area contributed by atoms with Gasteiger partial charge in [-0.1, -0.05) is 59.7 Å². The summed E-state index contributed by atoms with van der Waals surface area (Å²) in [7, 11) is 1.66. The molecule has 3 aromatic carbocycles. The van der Waals surface area contributed by atoms with Crippen molar-refractivity contribution < 1.29 is 4.74 Å². The predicted octanol–water partition coefficient (Wildman–Crippen LogP) is 5.42. The molecule has 1 aromatic heterocycles. The number of aromatic nitrogens is 3. The highest BCUT2D eigenvalue weighted by Gasteiger charge is 2.09. The van der Waals surface area contributed by atoms with Crippen LogP contribution in [-0.2, 0) is 12.8 Å². The topological polar surface area (TPSA) is 59.9 Å². The summed E-state index contributed by atoms with van der Waals surface area (Å²) in [6.07, 6.45) is 1.31. The van der Waals surface area contributed by atoms with E-state index in [1.807, 2.05) is 24.3 Å². The van der Waals surface area contributed by atoms with Crippen LogP contribution in [0.2, 0.25) is 0 Å². The Bertz CT molecular complexity index is 1070. The average Bonchev–Trinajstić information content (AvgIpc) is 2.77. The monoisotopic (exact) mass is 410 g/mol. The second-order valence-corrected chi connectivity index (χ2v) is 7.67. The molecule has 0 aliphatic heterocycles. The number of rotatable bonds is 7. The SMILES string of the molecule is COc1ccc(Nc2nc(Cc3ccc(C)cc3)nc(Cc3ccc(C)cc3)n2)cc1. The maximum absolute atomic E-state index is 5.24. The molecule has 0 saturated heterocycles. The van der Waals surface area contributed by atoms with Crippen LogP contribution in [0, 0.1) is 13.8 Å². The lowest BCUT2D eigenvalue weighted by molar-refractivity contribution is 0.415. The molecule has 0 radical (unpaired) electrons. The number of hydrogen-bond acceptors (Lipinski definition) is 5. The smallest absolute Gasteiger partial charge is 0.230 e. The molecule has 1 N–H and O–H groups in total. The molecule has 0 fully saturated rings. The van der Waals surface area contributed by atoms with E-state index in [1.165, 1.54) is 22.3 Å². The molecule has 5 heteroatoms. The summed E-state index contributed by atoms with van der Waals surface area (Å²) in [5.41, 5.74) is 5.72. The van der Waals surface area contributed by atoms with E-state index in [1.54, 1.807) is 7.11 Å². The van der Waals surface area contributed by atoms with Crippen LogP contribution < -0.4 is 10.1 Å². The Labute approximate surface area is 183 Å². The first kappa shape index (κ1) is 20.5. The van der Waals surface area contributed by atoms with E-state index in [4.69, 9.17) is 9.72 Å². The number of nitrogens with one attached hydrogen (secondary N) is 1. The highest BCUT2D eigenvalue weighted by molar-refractivity contribution is 5.54. The zero-order valence-electron chi connectivity index (χ0n) is 18.1. The molecule has 1 heterocycles. The van der Waals surface area contributed by atoms with E-state index < -0.39 is 0 Å². The van der Waals surface area contributed by atoms with Crippen molar-refractivity contribution in [1.82, 2.24) is 15.0 Å². The molecule has 0 atom stereocenters. The van der Waals surface area contributed by atoms with Gasteiger partial charge in [0.1, 0.15) is 17.4 Å². The third-order valence-electron chi connectivity index (χ3n) is 5.04. The lowest BCUT2D eigenvalue weighted by Gasteiger charge is -2.10. The fraction of sp³-hybridized carbons (Fsp3) is 0.192. The standard InChI is InChI=1S/C26H26N4O/c1-18-4-8-20(9-5-18)16-24-28-25(17-21-10-6-19(2)7-11-21)30-26(29-24)27-22-12-14-23(31-3)15-13-22/h4-15H,16-17H2,1-3H3,(H,27,28,29,30). The van der Waals surface area contributed by atoms with E-state index in [0.717, 1.165) is 23.1 Å². The van der Waals surface area contributed by atoms with Crippen molar-refractivity contribution in [2.75, 3.05) is 12.4 Å². The van der Waals surface area contributed by atoms with Gasteiger partial charge in [-0.05, 0) is 49.2 Å². The highest BCUT2D eigenvalue weighted by atomic mass is 16.5. The summed E-state index contributed by atoms with van der Waals surface area (Å²) in [6, 6.07) is 24.6. The van der Waals surface area contributed by atoms with Crippen LogP contribution in [0.3, 0.4) is 0 Å². The molecule has 0 bridgehead atoms. The summed E-state index contributed by atoms with van der Waals surface area (Å²) in [5, 5.41) is 3.31. The van der Waals surface area contributed by atoms with Gasteiger partial charge in [-0.25, -0.2) is 4.98 Å². The average molecular weight is 411 g/mol. The fourth-order valence-electron chi connectivity index (χ4n) is 3.26. The minimum absolute atomic E-state index is 0.546. The predicted molar refractivity (Wildman–Crippen MR) is 124 cm³/mol. The van der Waals surface area contributed by atoms with Crippen LogP contribution >= 0.6 is 0 Å². The number of hydrogen-bond donors (Lipinski definition) is 1. The molecule has 0 unspecified atom stereocenters.